The van der Waals surface area contributed by atoms with E-state index in [1.54, 1.807) is 0 Å². The third kappa shape index (κ3) is 2.72. The molecule has 5 nitrogen and oxygen atoms in total. The van der Waals surface area contributed by atoms with Gasteiger partial charge in [0.1, 0.15) is 0 Å². The van der Waals surface area contributed by atoms with Crippen LogP contribution in [-0.2, 0) is 4.79 Å². The van der Waals surface area contributed by atoms with Crippen LogP contribution in [0.5, 0.6) is 0 Å². The zero-order valence-electron chi connectivity index (χ0n) is 12.1. The predicted molar refractivity (Wildman–Crippen MR) is 79.9 cm³/mol. The van der Waals surface area contributed by atoms with Gasteiger partial charge in [0.15, 0.2) is 0 Å². The number of benzene rings is 1. The van der Waals surface area contributed by atoms with E-state index < -0.39 is 0 Å². The summed E-state index contributed by atoms with van der Waals surface area (Å²) >= 11 is 0. The SMILES string of the molecule is Cc1nn(-c2ccccc2)c(C)c1NC(=O)C(C)CN. The highest BCUT2D eigenvalue weighted by Gasteiger charge is 2.17. The minimum atomic E-state index is -0.214. The average Bonchev–Trinajstić information content (AvgIpc) is 2.75. The highest BCUT2D eigenvalue weighted by Crippen LogP contribution is 2.23. The van der Waals surface area contributed by atoms with Gasteiger partial charge in [-0.3, -0.25) is 4.79 Å². The van der Waals surface area contributed by atoms with Gasteiger partial charge in [0.05, 0.1) is 22.8 Å². The summed E-state index contributed by atoms with van der Waals surface area (Å²) in [5.74, 6) is -0.291. The molecule has 0 fully saturated rings. The summed E-state index contributed by atoms with van der Waals surface area (Å²) in [6.45, 7) is 5.96. The van der Waals surface area contributed by atoms with E-state index in [4.69, 9.17) is 5.73 Å². The quantitative estimate of drug-likeness (QED) is 0.894. The van der Waals surface area contributed by atoms with Crippen LogP contribution in [-0.4, -0.2) is 22.2 Å². The van der Waals surface area contributed by atoms with E-state index in [1.165, 1.54) is 0 Å². The van der Waals surface area contributed by atoms with E-state index in [2.05, 4.69) is 10.4 Å². The maximum atomic E-state index is 12.0. The summed E-state index contributed by atoms with van der Waals surface area (Å²) in [6.07, 6.45) is 0. The number of carbonyl (C=O) groups is 1. The number of anilines is 1. The van der Waals surface area contributed by atoms with Crippen molar-refractivity contribution >= 4 is 11.6 Å². The minimum Gasteiger partial charge on any atom is -0.330 e. The Balaban J connectivity index is 2.33. The molecule has 3 N–H and O–H groups in total. The van der Waals surface area contributed by atoms with E-state index in [-0.39, 0.29) is 11.8 Å². The molecule has 1 unspecified atom stereocenters. The van der Waals surface area contributed by atoms with Crippen molar-refractivity contribution in [3.8, 4) is 5.69 Å². The molecule has 0 saturated heterocycles. The third-order valence-electron chi connectivity index (χ3n) is 3.34. The molecular formula is C15H20N4O. The molecule has 2 rings (SSSR count). The van der Waals surface area contributed by atoms with Gasteiger partial charge < -0.3 is 11.1 Å². The average molecular weight is 272 g/mol. The van der Waals surface area contributed by atoms with Gasteiger partial charge in [-0.1, -0.05) is 25.1 Å². The molecule has 2 aromatic rings. The highest BCUT2D eigenvalue weighted by atomic mass is 16.1. The van der Waals surface area contributed by atoms with Crippen LogP contribution in [0, 0.1) is 19.8 Å². The molecule has 20 heavy (non-hydrogen) atoms. The van der Waals surface area contributed by atoms with Crippen LogP contribution in [0.2, 0.25) is 0 Å². The summed E-state index contributed by atoms with van der Waals surface area (Å²) in [4.78, 5) is 12.0. The standard InChI is InChI=1S/C15H20N4O/c1-10(9-16)15(20)17-14-11(2)18-19(12(14)3)13-7-5-4-6-8-13/h4-8,10H,9,16H2,1-3H3,(H,17,20). The van der Waals surface area contributed by atoms with E-state index in [9.17, 15) is 4.79 Å². The number of amides is 1. The Hall–Kier alpha value is -2.14. The van der Waals surface area contributed by atoms with Gasteiger partial charge in [0.2, 0.25) is 5.91 Å². The zero-order valence-corrected chi connectivity index (χ0v) is 12.1. The van der Waals surface area contributed by atoms with Crippen LogP contribution in [0.1, 0.15) is 18.3 Å². The number of aryl methyl sites for hydroxylation is 1. The van der Waals surface area contributed by atoms with Crippen molar-refractivity contribution in [3.05, 3.63) is 41.7 Å². The summed E-state index contributed by atoms with van der Waals surface area (Å²) in [5.41, 5.74) is 8.96. The first-order valence-electron chi connectivity index (χ1n) is 6.67. The topological polar surface area (TPSA) is 72.9 Å². The number of rotatable bonds is 4. The molecule has 1 amide bonds. The van der Waals surface area contributed by atoms with Crippen LogP contribution < -0.4 is 11.1 Å². The molecule has 0 saturated carbocycles. The lowest BCUT2D eigenvalue weighted by Crippen LogP contribution is -2.27. The second kappa shape index (κ2) is 5.88. The van der Waals surface area contributed by atoms with E-state index in [0.717, 1.165) is 22.8 Å². The van der Waals surface area contributed by atoms with Crippen LogP contribution in [0.4, 0.5) is 5.69 Å². The Labute approximate surface area is 118 Å². The number of nitrogens with zero attached hydrogens (tertiary/aromatic N) is 2. The maximum absolute atomic E-state index is 12.0. The van der Waals surface area contributed by atoms with Gasteiger partial charge in [0, 0.05) is 12.5 Å². The molecule has 1 heterocycles. The minimum absolute atomic E-state index is 0.0775. The van der Waals surface area contributed by atoms with E-state index >= 15 is 0 Å². The van der Waals surface area contributed by atoms with E-state index in [1.807, 2.05) is 55.8 Å². The summed E-state index contributed by atoms with van der Waals surface area (Å²) in [7, 11) is 0. The zero-order chi connectivity index (χ0) is 14.7. The van der Waals surface area contributed by atoms with Crippen molar-refractivity contribution < 1.29 is 4.79 Å². The summed E-state index contributed by atoms with van der Waals surface area (Å²) < 4.78 is 1.83. The van der Waals surface area contributed by atoms with Gasteiger partial charge in [-0.25, -0.2) is 4.68 Å². The normalized spacial score (nSPS) is 12.2. The fourth-order valence-electron chi connectivity index (χ4n) is 2.00. The van der Waals surface area contributed by atoms with Crippen molar-refractivity contribution in [1.82, 2.24) is 9.78 Å². The Bertz CT molecular complexity index is 604. The number of nitrogens with one attached hydrogen (secondary N) is 1. The molecule has 5 heteroatoms. The fourth-order valence-corrected chi connectivity index (χ4v) is 2.00. The van der Waals surface area contributed by atoms with Gasteiger partial charge in [0.25, 0.3) is 0 Å². The van der Waals surface area contributed by atoms with Crippen LogP contribution in [0.3, 0.4) is 0 Å². The smallest absolute Gasteiger partial charge is 0.228 e. The van der Waals surface area contributed by atoms with Gasteiger partial charge >= 0.3 is 0 Å². The number of carbonyl (C=O) groups excluding carboxylic acids is 1. The number of hydrogen-bond acceptors (Lipinski definition) is 3. The van der Waals surface area contributed by atoms with Crippen LogP contribution in [0.15, 0.2) is 30.3 Å². The molecular weight excluding hydrogens is 252 g/mol. The van der Waals surface area contributed by atoms with Crippen LogP contribution in [0.25, 0.3) is 5.69 Å². The lowest BCUT2D eigenvalue weighted by molar-refractivity contribution is -0.119. The number of nitrogens with two attached hydrogens (primary N) is 1. The molecule has 0 radical (unpaired) electrons. The molecule has 0 aliphatic heterocycles. The fraction of sp³-hybridized carbons (Fsp3) is 0.333. The highest BCUT2D eigenvalue weighted by molar-refractivity contribution is 5.93. The molecule has 1 aromatic carbocycles. The summed E-state index contributed by atoms with van der Waals surface area (Å²) in [6, 6.07) is 9.84. The van der Waals surface area contributed by atoms with Crippen molar-refractivity contribution in [3.63, 3.8) is 0 Å². The number of hydrogen-bond donors (Lipinski definition) is 2. The van der Waals surface area contributed by atoms with Crippen molar-refractivity contribution in [2.24, 2.45) is 11.7 Å². The van der Waals surface area contributed by atoms with Crippen molar-refractivity contribution in [2.45, 2.75) is 20.8 Å². The predicted octanol–water partition coefficient (Wildman–Crippen LogP) is 2.02. The number of aromatic nitrogens is 2. The molecule has 106 valence electrons. The molecule has 0 bridgehead atoms. The van der Waals surface area contributed by atoms with Crippen molar-refractivity contribution in [2.75, 3.05) is 11.9 Å². The van der Waals surface area contributed by atoms with Crippen LogP contribution >= 0.6 is 0 Å². The molecule has 1 aromatic heterocycles. The second-order valence-corrected chi connectivity index (χ2v) is 4.92. The summed E-state index contributed by atoms with van der Waals surface area (Å²) in [5, 5.41) is 7.41. The van der Waals surface area contributed by atoms with E-state index in [0.29, 0.717) is 6.54 Å². The third-order valence-corrected chi connectivity index (χ3v) is 3.34. The largest absolute Gasteiger partial charge is 0.330 e. The molecule has 0 aliphatic carbocycles. The van der Waals surface area contributed by atoms with Gasteiger partial charge in [-0.15, -0.1) is 0 Å². The second-order valence-electron chi connectivity index (χ2n) is 4.92. The Kier molecular flexibility index (Phi) is 4.20. The maximum Gasteiger partial charge on any atom is 0.228 e. The molecule has 0 aliphatic rings. The first-order chi connectivity index (χ1) is 9.54. The lowest BCUT2D eigenvalue weighted by atomic mass is 10.1. The first-order valence-corrected chi connectivity index (χ1v) is 6.67. The van der Waals surface area contributed by atoms with Crippen molar-refractivity contribution in [1.29, 1.82) is 0 Å². The molecule has 1 atom stereocenters. The van der Waals surface area contributed by atoms with Gasteiger partial charge in [-0.05, 0) is 26.0 Å². The number of para-hydroxylation sites is 1. The van der Waals surface area contributed by atoms with Gasteiger partial charge in [-0.2, -0.15) is 5.10 Å². The monoisotopic (exact) mass is 272 g/mol. The molecule has 0 spiro atoms. The Morgan fingerprint density at radius 1 is 1.35 bits per heavy atom. The Morgan fingerprint density at radius 3 is 2.60 bits per heavy atom. The first kappa shape index (κ1) is 14.3. The Morgan fingerprint density at radius 2 is 2.00 bits per heavy atom. The lowest BCUT2D eigenvalue weighted by Gasteiger charge is -2.10.